The van der Waals surface area contributed by atoms with E-state index >= 15 is 0 Å². The molecule has 0 bridgehead atoms. The van der Waals surface area contributed by atoms with E-state index < -0.39 is 5.92 Å². The Morgan fingerprint density at radius 1 is 1.20 bits per heavy atom. The summed E-state index contributed by atoms with van der Waals surface area (Å²) in [5, 5.41) is 0. The van der Waals surface area contributed by atoms with Crippen molar-refractivity contribution < 1.29 is 13.5 Å². The van der Waals surface area contributed by atoms with Crippen molar-refractivity contribution in [3.05, 3.63) is 35.9 Å². The second-order valence-corrected chi connectivity index (χ2v) is 4.13. The van der Waals surface area contributed by atoms with Crippen molar-refractivity contribution in [2.75, 3.05) is 6.61 Å². The van der Waals surface area contributed by atoms with Crippen LogP contribution in [0.15, 0.2) is 30.3 Å². The lowest BCUT2D eigenvalue weighted by Crippen LogP contribution is -2.37. The van der Waals surface area contributed by atoms with E-state index in [4.69, 9.17) is 4.74 Å². The predicted molar refractivity (Wildman–Crippen MR) is 53.8 cm³/mol. The van der Waals surface area contributed by atoms with Gasteiger partial charge in [-0.15, -0.1) is 0 Å². The summed E-state index contributed by atoms with van der Waals surface area (Å²) in [6.07, 6.45) is -0.0242. The Balaban J connectivity index is 1.64. The SMILES string of the molecule is FC1(F)CC(COCc2ccccc2)C1. The molecule has 0 amide bonds. The molecule has 0 saturated heterocycles. The maximum Gasteiger partial charge on any atom is 0.248 e. The van der Waals surface area contributed by atoms with Crippen LogP contribution < -0.4 is 0 Å². The highest BCUT2D eigenvalue weighted by Crippen LogP contribution is 2.42. The zero-order valence-corrected chi connectivity index (χ0v) is 8.46. The first-order valence-corrected chi connectivity index (χ1v) is 5.15. The van der Waals surface area contributed by atoms with E-state index in [0.29, 0.717) is 13.2 Å². The molecule has 1 aliphatic carbocycles. The van der Waals surface area contributed by atoms with Gasteiger partial charge in [-0.25, -0.2) is 8.78 Å². The molecule has 0 spiro atoms. The fraction of sp³-hybridized carbons (Fsp3) is 0.500. The van der Waals surface area contributed by atoms with Crippen LogP contribution in [0.4, 0.5) is 8.78 Å². The van der Waals surface area contributed by atoms with Crippen molar-refractivity contribution >= 4 is 0 Å². The van der Waals surface area contributed by atoms with Crippen LogP contribution in [-0.2, 0) is 11.3 Å². The fourth-order valence-electron chi connectivity index (χ4n) is 1.82. The number of rotatable bonds is 4. The van der Waals surface area contributed by atoms with Gasteiger partial charge < -0.3 is 4.74 Å². The largest absolute Gasteiger partial charge is 0.376 e. The number of ether oxygens (including phenoxy) is 1. The Kier molecular flexibility index (Phi) is 3.00. The summed E-state index contributed by atoms with van der Waals surface area (Å²) in [4.78, 5) is 0. The summed E-state index contributed by atoms with van der Waals surface area (Å²) in [7, 11) is 0. The van der Waals surface area contributed by atoms with Gasteiger partial charge in [0.05, 0.1) is 13.2 Å². The molecule has 0 aromatic heterocycles. The van der Waals surface area contributed by atoms with E-state index in [1.807, 2.05) is 30.3 Å². The molecule has 2 rings (SSSR count). The molecular formula is C12H14F2O. The third kappa shape index (κ3) is 2.99. The van der Waals surface area contributed by atoms with Crippen LogP contribution in [0.2, 0.25) is 0 Å². The summed E-state index contributed by atoms with van der Waals surface area (Å²) in [6, 6.07) is 9.76. The third-order valence-corrected chi connectivity index (χ3v) is 2.64. The van der Waals surface area contributed by atoms with Gasteiger partial charge in [-0.05, 0) is 11.5 Å². The van der Waals surface area contributed by atoms with Crippen molar-refractivity contribution in [2.24, 2.45) is 5.92 Å². The first-order valence-electron chi connectivity index (χ1n) is 5.15. The van der Waals surface area contributed by atoms with Gasteiger partial charge in [-0.2, -0.15) is 0 Å². The average molecular weight is 212 g/mol. The molecule has 82 valence electrons. The molecule has 0 atom stereocenters. The standard InChI is InChI=1S/C12H14F2O/c13-12(14)6-11(7-12)9-15-8-10-4-2-1-3-5-10/h1-5,11H,6-9H2. The molecule has 1 saturated carbocycles. The molecule has 1 aromatic rings. The van der Waals surface area contributed by atoms with Crippen molar-refractivity contribution in [3.63, 3.8) is 0 Å². The van der Waals surface area contributed by atoms with Gasteiger partial charge in [0, 0.05) is 12.8 Å². The zero-order chi connectivity index (χ0) is 10.7. The number of benzene rings is 1. The Morgan fingerprint density at radius 3 is 2.47 bits per heavy atom. The summed E-state index contributed by atoms with van der Waals surface area (Å²) < 4.78 is 30.3. The lowest BCUT2D eigenvalue weighted by atomic mass is 9.82. The molecule has 0 N–H and O–H groups in total. The van der Waals surface area contributed by atoms with Gasteiger partial charge in [-0.3, -0.25) is 0 Å². The Morgan fingerprint density at radius 2 is 1.87 bits per heavy atom. The molecule has 0 unspecified atom stereocenters. The Labute approximate surface area is 88.1 Å². The van der Waals surface area contributed by atoms with Crippen molar-refractivity contribution in [3.8, 4) is 0 Å². The Bertz CT molecular complexity index is 303. The normalized spacial score (nSPS) is 19.9. The van der Waals surface area contributed by atoms with Crippen molar-refractivity contribution in [2.45, 2.75) is 25.4 Å². The highest BCUT2D eigenvalue weighted by atomic mass is 19.3. The topological polar surface area (TPSA) is 9.23 Å². The Hall–Kier alpha value is -0.960. The van der Waals surface area contributed by atoms with Crippen LogP contribution in [0.5, 0.6) is 0 Å². The van der Waals surface area contributed by atoms with Gasteiger partial charge >= 0.3 is 0 Å². The molecule has 0 aliphatic heterocycles. The maximum absolute atomic E-state index is 12.5. The summed E-state index contributed by atoms with van der Waals surface area (Å²) in [6.45, 7) is 0.966. The van der Waals surface area contributed by atoms with Crippen LogP contribution >= 0.6 is 0 Å². The molecule has 1 aromatic carbocycles. The lowest BCUT2D eigenvalue weighted by molar-refractivity contribution is -0.129. The smallest absolute Gasteiger partial charge is 0.248 e. The highest BCUT2D eigenvalue weighted by molar-refractivity contribution is 5.13. The number of halogens is 2. The summed E-state index contributed by atoms with van der Waals surface area (Å²) in [5.74, 6) is -2.38. The van der Waals surface area contributed by atoms with E-state index in [1.165, 1.54) is 0 Å². The fourth-order valence-corrected chi connectivity index (χ4v) is 1.82. The predicted octanol–water partition coefficient (Wildman–Crippen LogP) is 3.25. The monoisotopic (exact) mass is 212 g/mol. The first kappa shape index (κ1) is 10.6. The minimum Gasteiger partial charge on any atom is -0.376 e. The summed E-state index contributed by atoms with van der Waals surface area (Å²) >= 11 is 0. The highest BCUT2D eigenvalue weighted by Gasteiger charge is 2.45. The molecule has 3 heteroatoms. The minimum absolute atomic E-state index is 0.0121. The third-order valence-electron chi connectivity index (χ3n) is 2.64. The molecule has 1 aliphatic rings. The van der Waals surface area contributed by atoms with E-state index in [0.717, 1.165) is 5.56 Å². The molecule has 1 nitrogen and oxygen atoms in total. The van der Waals surface area contributed by atoms with Gasteiger partial charge in [-0.1, -0.05) is 30.3 Å². The zero-order valence-electron chi connectivity index (χ0n) is 8.46. The number of alkyl halides is 2. The van der Waals surface area contributed by atoms with Crippen LogP contribution in [0, 0.1) is 5.92 Å². The number of hydrogen-bond donors (Lipinski definition) is 0. The van der Waals surface area contributed by atoms with Crippen LogP contribution in [-0.4, -0.2) is 12.5 Å². The van der Waals surface area contributed by atoms with Crippen LogP contribution in [0.1, 0.15) is 18.4 Å². The molecular weight excluding hydrogens is 198 g/mol. The lowest BCUT2D eigenvalue weighted by Gasteiger charge is -2.34. The van der Waals surface area contributed by atoms with E-state index in [9.17, 15) is 8.78 Å². The van der Waals surface area contributed by atoms with Gasteiger partial charge in [0.25, 0.3) is 0 Å². The van der Waals surface area contributed by atoms with E-state index in [1.54, 1.807) is 0 Å². The molecule has 1 fully saturated rings. The van der Waals surface area contributed by atoms with Crippen LogP contribution in [0.3, 0.4) is 0 Å². The van der Waals surface area contributed by atoms with E-state index in [-0.39, 0.29) is 18.8 Å². The van der Waals surface area contributed by atoms with Crippen molar-refractivity contribution in [1.29, 1.82) is 0 Å². The maximum atomic E-state index is 12.5. The number of hydrogen-bond acceptors (Lipinski definition) is 1. The molecule has 15 heavy (non-hydrogen) atoms. The second-order valence-electron chi connectivity index (χ2n) is 4.13. The van der Waals surface area contributed by atoms with E-state index in [2.05, 4.69) is 0 Å². The molecule has 0 heterocycles. The second kappa shape index (κ2) is 4.27. The van der Waals surface area contributed by atoms with Crippen molar-refractivity contribution in [1.82, 2.24) is 0 Å². The molecule has 0 radical (unpaired) electrons. The quantitative estimate of drug-likeness (QED) is 0.744. The summed E-state index contributed by atoms with van der Waals surface area (Å²) in [5.41, 5.74) is 1.09. The van der Waals surface area contributed by atoms with Gasteiger partial charge in [0.1, 0.15) is 0 Å². The van der Waals surface area contributed by atoms with Gasteiger partial charge in [0.2, 0.25) is 5.92 Å². The first-order chi connectivity index (χ1) is 7.16. The van der Waals surface area contributed by atoms with Gasteiger partial charge in [0.15, 0.2) is 0 Å². The average Bonchev–Trinajstić information content (AvgIpc) is 2.16. The minimum atomic E-state index is -2.43. The van der Waals surface area contributed by atoms with Crippen LogP contribution in [0.25, 0.3) is 0 Å².